The van der Waals surface area contributed by atoms with E-state index in [0.717, 1.165) is 0 Å². The van der Waals surface area contributed by atoms with Crippen molar-refractivity contribution in [1.82, 2.24) is 0 Å². The molecule has 0 rings (SSSR count). The van der Waals surface area contributed by atoms with Gasteiger partial charge in [-0.05, 0) is 38.5 Å². The van der Waals surface area contributed by atoms with E-state index in [-0.39, 0.29) is 38.5 Å². The highest BCUT2D eigenvalue weighted by Gasteiger charge is 2.25. The van der Waals surface area contributed by atoms with E-state index >= 15 is 0 Å². The number of hydrogen-bond acceptors (Lipinski definition) is 4. The summed E-state index contributed by atoms with van der Waals surface area (Å²) in [7, 11) is 0. The van der Waals surface area contributed by atoms with Crippen molar-refractivity contribution in [2.45, 2.75) is 52.4 Å². The molecule has 0 bridgehead atoms. The minimum Gasteiger partial charge on any atom is -0.481 e. The average molecular weight is 346 g/mol. The third-order valence-electron chi connectivity index (χ3n) is 4.30. The third-order valence-corrected chi connectivity index (χ3v) is 4.30. The van der Waals surface area contributed by atoms with E-state index in [1.165, 1.54) is 13.8 Å². The lowest BCUT2D eigenvalue weighted by molar-refractivity contribution is -0.146. The second-order valence-corrected chi connectivity index (χ2v) is 6.28. The van der Waals surface area contributed by atoms with Crippen LogP contribution in [-0.2, 0) is 19.2 Å². The molecule has 138 valence electrons. The second kappa shape index (κ2) is 10.6. The molecule has 4 atom stereocenters. The fourth-order valence-corrected chi connectivity index (χ4v) is 2.33. The van der Waals surface area contributed by atoms with E-state index in [0.29, 0.717) is 0 Å². The molecule has 0 amide bonds. The Balaban J connectivity index is 4.55. The summed E-state index contributed by atoms with van der Waals surface area (Å²) in [4.78, 5) is 44.0. The Kier molecular flexibility index (Phi) is 9.68. The van der Waals surface area contributed by atoms with Gasteiger partial charge in [0, 0.05) is 0 Å². The van der Waals surface area contributed by atoms with E-state index in [1.54, 1.807) is 0 Å². The van der Waals surface area contributed by atoms with Gasteiger partial charge in [0.1, 0.15) is 0 Å². The maximum absolute atomic E-state index is 11.2. The first-order chi connectivity index (χ1) is 11.1. The van der Waals surface area contributed by atoms with Crippen LogP contribution in [0, 0.1) is 23.7 Å². The average Bonchev–Trinajstić information content (AvgIpc) is 2.48. The van der Waals surface area contributed by atoms with Crippen LogP contribution in [0.2, 0.25) is 0 Å². The summed E-state index contributed by atoms with van der Waals surface area (Å²) in [6.45, 7) is 2.99. The monoisotopic (exact) mass is 346 g/mol. The minimum absolute atomic E-state index is 0.125. The first kappa shape index (κ1) is 21.9. The molecule has 0 fully saturated rings. The Morgan fingerprint density at radius 2 is 0.792 bits per heavy atom. The van der Waals surface area contributed by atoms with Crippen molar-refractivity contribution in [2.24, 2.45) is 23.7 Å². The van der Waals surface area contributed by atoms with E-state index in [4.69, 9.17) is 10.2 Å². The van der Waals surface area contributed by atoms with Crippen LogP contribution in [0.3, 0.4) is 0 Å². The number of hydrogen-bond donors (Lipinski definition) is 4. The van der Waals surface area contributed by atoms with Crippen LogP contribution in [0.1, 0.15) is 52.4 Å². The maximum atomic E-state index is 11.2. The SMILES string of the molecule is CC(CCC(CCC(CCC(C)C(=O)O)C(=O)O)C(=O)O)C(=O)O. The van der Waals surface area contributed by atoms with Gasteiger partial charge in [0.25, 0.3) is 0 Å². The van der Waals surface area contributed by atoms with Gasteiger partial charge >= 0.3 is 23.9 Å². The summed E-state index contributed by atoms with van der Waals surface area (Å²) >= 11 is 0. The van der Waals surface area contributed by atoms with Crippen molar-refractivity contribution in [2.75, 3.05) is 0 Å². The first-order valence-corrected chi connectivity index (χ1v) is 7.97. The predicted octanol–water partition coefficient (Wildman–Crippen LogP) is 2.17. The Labute approximate surface area is 140 Å². The Morgan fingerprint density at radius 3 is 1.00 bits per heavy atom. The van der Waals surface area contributed by atoms with Crippen LogP contribution in [0.15, 0.2) is 0 Å². The van der Waals surface area contributed by atoms with Crippen molar-refractivity contribution in [3.8, 4) is 0 Å². The van der Waals surface area contributed by atoms with Crippen LogP contribution in [0.4, 0.5) is 0 Å². The molecule has 0 saturated heterocycles. The number of carbonyl (C=O) groups is 4. The Hall–Kier alpha value is -2.12. The van der Waals surface area contributed by atoms with Crippen LogP contribution in [0.5, 0.6) is 0 Å². The summed E-state index contributed by atoms with van der Waals surface area (Å²) in [6.07, 6.45) is 1.00. The zero-order chi connectivity index (χ0) is 18.9. The molecule has 4 unspecified atom stereocenters. The van der Waals surface area contributed by atoms with Crippen LogP contribution in [0.25, 0.3) is 0 Å². The van der Waals surface area contributed by atoms with Gasteiger partial charge in [0.15, 0.2) is 0 Å². The van der Waals surface area contributed by atoms with Gasteiger partial charge in [0.05, 0.1) is 23.7 Å². The molecule has 24 heavy (non-hydrogen) atoms. The van der Waals surface area contributed by atoms with Crippen LogP contribution >= 0.6 is 0 Å². The smallest absolute Gasteiger partial charge is 0.306 e. The predicted molar refractivity (Wildman–Crippen MR) is 83.6 cm³/mol. The molecule has 0 aromatic carbocycles. The Morgan fingerprint density at radius 1 is 0.542 bits per heavy atom. The molecule has 4 N–H and O–H groups in total. The van der Waals surface area contributed by atoms with E-state index < -0.39 is 47.5 Å². The molecular weight excluding hydrogens is 320 g/mol. The number of carboxylic acids is 4. The molecule has 0 aliphatic heterocycles. The lowest BCUT2D eigenvalue weighted by Gasteiger charge is -2.18. The van der Waals surface area contributed by atoms with Gasteiger partial charge in [0.2, 0.25) is 0 Å². The summed E-state index contributed by atoms with van der Waals surface area (Å²) in [6, 6.07) is 0. The maximum Gasteiger partial charge on any atom is 0.306 e. The fourth-order valence-electron chi connectivity index (χ4n) is 2.33. The molecule has 0 aromatic rings. The first-order valence-electron chi connectivity index (χ1n) is 7.97. The normalized spacial score (nSPS) is 15.9. The van der Waals surface area contributed by atoms with Crippen molar-refractivity contribution in [3.05, 3.63) is 0 Å². The molecule has 8 heteroatoms. The quantitative estimate of drug-likeness (QED) is 0.396. The fraction of sp³-hybridized carbons (Fsp3) is 0.750. The second-order valence-electron chi connectivity index (χ2n) is 6.28. The molecule has 0 heterocycles. The van der Waals surface area contributed by atoms with Crippen molar-refractivity contribution < 1.29 is 39.6 Å². The summed E-state index contributed by atoms with van der Waals surface area (Å²) in [5, 5.41) is 36.0. The molecule has 0 aliphatic carbocycles. The molecule has 0 radical (unpaired) electrons. The van der Waals surface area contributed by atoms with E-state index in [9.17, 15) is 29.4 Å². The molecular formula is C16H26O8. The van der Waals surface area contributed by atoms with Crippen molar-refractivity contribution in [1.29, 1.82) is 0 Å². The van der Waals surface area contributed by atoms with Gasteiger partial charge < -0.3 is 20.4 Å². The van der Waals surface area contributed by atoms with E-state index in [2.05, 4.69) is 0 Å². The molecule has 0 aliphatic rings. The lowest BCUT2D eigenvalue weighted by atomic mass is 9.87. The van der Waals surface area contributed by atoms with Crippen molar-refractivity contribution >= 4 is 23.9 Å². The zero-order valence-corrected chi connectivity index (χ0v) is 14.0. The number of carboxylic acid groups (broad SMARTS) is 4. The van der Waals surface area contributed by atoms with Crippen LogP contribution < -0.4 is 0 Å². The van der Waals surface area contributed by atoms with Gasteiger partial charge in [-0.3, -0.25) is 19.2 Å². The van der Waals surface area contributed by atoms with E-state index in [1.807, 2.05) is 0 Å². The van der Waals surface area contributed by atoms with Gasteiger partial charge in [-0.2, -0.15) is 0 Å². The summed E-state index contributed by atoms with van der Waals surface area (Å²) in [5.41, 5.74) is 0. The number of rotatable bonds is 13. The zero-order valence-electron chi connectivity index (χ0n) is 14.0. The Bertz CT molecular complexity index is 417. The molecule has 8 nitrogen and oxygen atoms in total. The van der Waals surface area contributed by atoms with Gasteiger partial charge in [-0.1, -0.05) is 13.8 Å². The molecule has 0 saturated carbocycles. The standard InChI is InChI=1S/C16H26O8/c1-9(13(17)18)3-5-11(15(21)22)7-8-12(16(23)24)6-4-10(2)14(19)20/h9-12H,3-8H2,1-2H3,(H,17,18)(H,19,20)(H,21,22)(H,23,24). The highest BCUT2D eigenvalue weighted by molar-refractivity contribution is 5.72. The highest BCUT2D eigenvalue weighted by Crippen LogP contribution is 2.24. The summed E-state index contributed by atoms with van der Waals surface area (Å²) < 4.78 is 0. The van der Waals surface area contributed by atoms with Gasteiger partial charge in [-0.15, -0.1) is 0 Å². The number of aliphatic carboxylic acids is 4. The van der Waals surface area contributed by atoms with Crippen molar-refractivity contribution in [3.63, 3.8) is 0 Å². The summed E-state index contributed by atoms with van der Waals surface area (Å²) in [5.74, 6) is -7.05. The third kappa shape index (κ3) is 8.50. The molecule has 0 spiro atoms. The highest BCUT2D eigenvalue weighted by atomic mass is 16.4. The minimum atomic E-state index is -1.07. The van der Waals surface area contributed by atoms with Crippen LogP contribution in [-0.4, -0.2) is 44.3 Å². The largest absolute Gasteiger partial charge is 0.481 e. The van der Waals surface area contributed by atoms with Gasteiger partial charge in [-0.25, -0.2) is 0 Å². The lowest BCUT2D eigenvalue weighted by Crippen LogP contribution is -2.21. The topological polar surface area (TPSA) is 149 Å². The molecule has 0 aromatic heterocycles.